The van der Waals surface area contributed by atoms with Crippen molar-refractivity contribution in [3.05, 3.63) is 101 Å². The minimum absolute atomic E-state index is 0.163. The van der Waals surface area contributed by atoms with Crippen LogP contribution in [0.5, 0.6) is 0 Å². The van der Waals surface area contributed by atoms with Gasteiger partial charge in [-0.25, -0.2) is 0 Å². The average Bonchev–Trinajstić information content (AvgIpc) is 2.69. The van der Waals surface area contributed by atoms with Crippen LogP contribution in [-0.4, -0.2) is 15.0 Å². The van der Waals surface area contributed by atoms with Gasteiger partial charge in [0.05, 0.1) is 0 Å². The molecule has 1 heteroatoms. The zero-order valence-corrected chi connectivity index (χ0v) is 19.8. The molecule has 147 valence electrons. The third-order valence-electron chi connectivity index (χ3n) is 5.80. The molecular formula is C28H29Se. The monoisotopic (exact) mass is 445 g/mol. The van der Waals surface area contributed by atoms with E-state index in [0.29, 0.717) is 15.0 Å². The second-order valence-electron chi connectivity index (χ2n) is 9.57. The van der Waals surface area contributed by atoms with Crippen molar-refractivity contribution in [2.45, 2.75) is 51.9 Å². The molecule has 0 spiro atoms. The van der Waals surface area contributed by atoms with Gasteiger partial charge in [-0.05, 0) is 0 Å². The summed E-state index contributed by atoms with van der Waals surface area (Å²) in [7, 11) is 0. The molecule has 0 fully saturated rings. The van der Waals surface area contributed by atoms with Crippen LogP contribution < -0.4 is 8.92 Å². The van der Waals surface area contributed by atoms with Crippen molar-refractivity contribution in [1.82, 2.24) is 0 Å². The molecule has 0 bridgehead atoms. The Morgan fingerprint density at radius 3 is 2.34 bits per heavy atom. The molecule has 0 amide bonds. The maximum atomic E-state index is 3.39. The zero-order valence-electron chi connectivity index (χ0n) is 18.0. The quantitative estimate of drug-likeness (QED) is 0.465. The molecule has 29 heavy (non-hydrogen) atoms. The average molecular weight is 445 g/mol. The Kier molecular flexibility index (Phi) is 5.32. The molecule has 0 saturated heterocycles. The molecule has 0 N–H and O–H groups in total. The van der Waals surface area contributed by atoms with Crippen LogP contribution in [-0.2, 0) is 10.8 Å². The van der Waals surface area contributed by atoms with E-state index < -0.39 is 0 Å². The van der Waals surface area contributed by atoms with E-state index in [1.54, 1.807) is 0 Å². The van der Waals surface area contributed by atoms with Crippen LogP contribution in [0.3, 0.4) is 0 Å². The minimum atomic E-state index is 0.163. The van der Waals surface area contributed by atoms with Crippen molar-refractivity contribution in [3.8, 4) is 0 Å². The number of fused-ring (bicyclic) bond motifs is 1. The summed E-state index contributed by atoms with van der Waals surface area (Å²) in [5, 5.41) is 0. The van der Waals surface area contributed by atoms with Gasteiger partial charge >= 0.3 is 182 Å². The predicted molar refractivity (Wildman–Crippen MR) is 127 cm³/mol. The van der Waals surface area contributed by atoms with E-state index in [4.69, 9.17) is 0 Å². The SMILES string of the molecule is CC(C)(C)c1ccc(C2=CCC(C)(C)c3cc([Se]c4[c]cccc4)ccc32)cc1. The van der Waals surface area contributed by atoms with Gasteiger partial charge in [-0.1, -0.05) is 0 Å². The first kappa shape index (κ1) is 20.2. The van der Waals surface area contributed by atoms with E-state index in [-0.39, 0.29) is 10.8 Å². The second kappa shape index (κ2) is 7.63. The summed E-state index contributed by atoms with van der Waals surface area (Å²) in [6.07, 6.45) is 3.51. The van der Waals surface area contributed by atoms with Crippen molar-refractivity contribution < 1.29 is 0 Å². The van der Waals surface area contributed by atoms with Crippen LogP contribution in [0.1, 0.15) is 63.3 Å². The van der Waals surface area contributed by atoms with Crippen LogP contribution in [0, 0.1) is 6.07 Å². The normalized spacial score (nSPS) is 15.6. The first-order chi connectivity index (χ1) is 13.7. The Morgan fingerprint density at radius 2 is 1.69 bits per heavy atom. The first-order valence-corrected chi connectivity index (χ1v) is 12.1. The summed E-state index contributed by atoms with van der Waals surface area (Å²) < 4.78 is 2.73. The van der Waals surface area contributed by atoms with Crippen LogP contribution in [0.25, 0.3) is 5.57 Å². The molecule has 0 atom stereocenters. The van der Waals surface area contributed by atoms with Gasteiger partial charge in [0.2, 0.25) is 0 Å². The van der Waals surface area contributed by atoms with Gasteiger partial charge in [-0.2, -0.15) is 0 Å². The molecule has 1 radical (unpaired) electrons. The summed E-state index contributed by atoms with van der Waals surface area (Å²) in [5.74, 6) is 0. The number of hydrogen-bond acceptors (Lipinski definition) is 0. The molecule has 3 aromatic carbocycles. The van der Waals surface area contributed by atoms with Crippen molar-refractivity contribution in [2.75, 3.05) is 0 Å². The van der Waals surface area contributed by atoms with Crippen molar-refractivity contribution in [2.24, 2.45) is 0 Å². The number of allylic oxidation sites excluding steroid dienone is 1. The third kappa shape index (κ3) is 4.27. The molecule has 1 aliphatic carbocycles. The Morgan fingerprint density at radius 1 is 0.931 bits per heavy atom. The number of rotatable bonds is 3. The Hall–Kier alpha value is -2.08. The van der Waals surface area contributed by atoms with E-state index in [2.05, 4.69) is 101 Å². The van der Waals surface area contributed by atoms with Crippen molar-refractivity contribution in [1.29, 1.82) is 0 Å². The van der Waals surface area contributed by atoms with E-state index in [1.165, 1.54) is 36.8 Å². The predicted octanol–water partition coefficient (Wildman–Crippen LogP) is 5.55. The topological polar surface area (TPSA) is 0 Å². The fourth-order valence-corrected chi connectivity index (χ4v) is 5.71. The summed E-state index contributed by atoms with van der Waals surface area (Å²) in [6.45, 7) is 11.5. The van der Waals surface area contributed by atoms with Crippen molar-refractivity contribution in [3.63, 3.8) is 0 Å². The van der Waals surface area contributed by atoms with E-state index in [9.17, 15) is 0 Å². The van der Waals surface area contributed by atoms with E-state index in [0.717, 1.165) is 6.42 Å². The molecule has 0 saturated carbocycles. The summed E-state index contributed by atoms with van der Waals surface area (Å²) in [6, 6.07) is 28.0. The van der Waals surface area contributed by atoms with Crippen LogP contribution in [0.4, 0.5) is 0 Å². The molecular weight excluding hydrogens is 415 g/mol. The van der Waals surface area contributed by atoms with Crippen LogP contribution in [0.2, 0.25) is 0 Å². The fourth-order valence-electron chi connectivity index (χ4n) is 3.95. The van der Waals surface area contributed by atoms with Crippen LogP contribution in [0.15, 0.2) is 72.8 Å². The first-order valence-electron chi connectivity index (χ1n) is 10.3. The summed E-state index contributed by atoms with van der Waals surface area (Å²) in [4.78, 5) is 0. The van der Waals surface area contributed by atoms with Gasteiger partial charge in [0.15, 0.2) is 0 Å². The van der Waals surface area contributed by atoms with Gasteiger partial charge in [-0.15, -0.1) is 0 Å². The standard InChI is InChI=1S/C28H29Se/c1-27(2,3)21-13-11-20(12-14-21)24-17-18-28(4,5)26-19-23(15-16-25(24)26)29-22-9-7-6-8-10-22/h6-9,11-17,19H,18H2,1-5H3. The van der Waals surface area contributed by atoms with E-state index >= 15 is 0 Å². The Balaban J connectivity index is 1.71. The number of hydrogen-bond donors (Lipinski definition) is 0. The molecule has 4 rings (SSSR count). The molecule has 0 heterocycles. The van der Waals surface area contributed by atoms with Gasteiger partial charge in [0, 0.05) is 0 Å². The van der Waals surface area contributed by atoms with Gasteiger partial charge in [-0.3, -0.25) is 0 Å². The van der Waals surface area contributed by atoms with Gasteiger partial charge in [0.1, 0.15) is 0 Å². The fraction of sp³-hybridized carbons (Fsp3) is 0.286. The Labute approximate surface area is 182 Å². The number of benzene rings is 3. The van der Waals surface area contributed by atoms with E-state index in [1.807, 2.05) is 12.1 Å². The van der Waals surface area contributed by atoms with Gasteiger partial charge < -0.3 is 0 Å². The van der Waals surface area contributed by atoms with Crippen LogP contribution >= 0.6 is 0 Å². The van der Waals surface area contributed by atoms with Crippen molar-refractivity contribution >= 4 is 29.5 Å². The molecule has 0 aromatic heterocycles. The molecule has 1 aliphatic rings. The third-order valence-corrected chi connectivity index (χ3v) is 7.82. The second-order valence-corrected chi connectivity index (χ2v) is 11.9. The molecule has 0 aliphatic heterocycles. The zero-order chi connectivity index (χ0) is 20.6. The molecule has 0 unspecified atom stereocenters. The molecule has 0 nitrogen and oxygen atoms in total. The molecule has 3 aromatic rings. The maximum absolute atomic E-state index is 3.39. The Bertz CT molecular complexity index is 1030. The summed E-state index contributed by atoms with van der Waals surface area (Å²) >= 11 is 0.294. The van der Waals surface area contributed by atoms with Gasteiger partial charge in [0.25, 0.3) is 0 Å². The summed E-state index contributed by atoms with van der Waals surface area (Å²) in [5.41, 5.74) is 7.30.